The molecule has 1 amide bonds. The predicted octanol–water partition coefficient (Wildman–Crippen LogP) is 1.32. The van der Waals surface area contributed by atoms with Crippen LogP contribution in [0.15, 0.2) is 30.5 Å². The minimum Gasteiger partial charge on any atom is -0.353 e. The topological polar surface area (TPSA) is 91.5 Å². The molecule has 0 unspecified atom stereocenters. The summed E-state index contributed by atoms with van der Waals surface area (Å²) < 4.78 is 1.70. The third-order valence-electron chi connectivity index (χ3n) is 5.00. The van der Waals surface area contributed by atoms with Gasteiger partial charge in [-0.1, -0.05) is 13.8 Å². The minimum absolute atomic E-state index is 0.123. The minimum atomic E-state index is -0.123. The standard InChI is InChI=1S/C20H26N8O/c1-14(2)13-22-20(29)15-6-7-21-16(12-15)19-24-23-17-4-5-18(25-28(17)19)27-10-8-26(3)9-11-27/h4-7,12,14H,8-11,13H2,1-3H3,(H,22,29). The average Bonchev–Trinajstić information content (AvgIpc) is 3.16. The van der Waals surface area contributed by atoms with Crippen LogP contribution in [0.5, 0.6) is 0 Å². The normalized spacial score (nSPS) is 15.2. The average molecular weight is 394 g/mol. The number of fused-ring (bicyclic) bond motifs is 1. The molecule has 0 bridgehead atoms. The second-order valence-corrected chi connectivity index (χ2v) is 7.81. The third kappa shape index (κ3) is 4.19. The molecule has 3 aromatic rings. The van der Waals surface area contributed by atoms with E-state index in [0.717, 1.165) is 32.0 Å². The number of hydrogen-bond donors (Lipinski definition) is 1. The van der Waals surface area contributed by atoms with Gasteiger partial charge in [-0.2, -0.15) is 4.52 Å². The number of amides is 1. The number of pyridine rings is 1. The molecule has 0 radical (unpaired) electrons. The maximum atomic E-state index is 12.4. The van der Waals surface area contributed by atoms with E-state index >= 15 is 0 Å². The Hall–Kier alpha value is -3.07. The molecule has 0 spiro atoms. The number of likely N-dealkylation sites (N-methyl/N-ethyl adjacent to an activating group) is 1. The van der Waals surface area contributed by atoms with Gasteiger partial charge >= 0.3 is 0 Å². The largest absolute Gasteiger partial charge is 0.353 e. The van der Waals surface area contributed by atoms with Crippen molar-refractivity contribution in [3.05, 3.63) is 36.0 Å². The number of hydrogen-bond acceptors (Lipinski definition) is 7. The molecule has 9 heteroatoms. The Morgan fingerprint density at radius 3 is 2.69 bits per heavy atom. The molecule has 0 aliphatic carbocycles. The van der Waals surface area contributed by atoms with E-state index in [-0.39, 0.29) is 5.91 Å². The first kappa shape index (κ1) is 19.3. The van der Waals surface area contributed by atoms with Crippen LogP contribution in [0.4, 0.5) is 5.82 Å². The fraction of sp³-hybridized carbons (Fsp3) is 0.450. The SMILES string of the molecule is CC(C)CNC(=O)c1ccnc(-c2nnc3ccc(N4CCN(C)CC4)nn23)c1. The Kier molecular flexibility index (Phi) is 5.39. The Morgan fingerprint density at radius 2 is 1.93 bits per heavy atom. The Bertz CT molecular complexity index is 1010. The number of aromatic nitrogens is 5. The molecule has 1 N–H and O–H groups in total. The molecule has 0 saturated carbocycles. The number of nitrogens with one attached hydrogen (secondary N) is 1. The Morgan fingerprint density at radius 1 is 1.14 bits per heavy atom. The molecule has 9 nitrogen and oxygen atoms in total. The zero-order valence-corrected chi connectivity index (χ0v) is 17.0. The number of rotatable bonds is 5. The highest BCUT2D eigenvalue weighted by atomic mass is 16.1. The lowest BCUT2D eigenvalue weighted by atomic mass is 10.2. The maximum Gasteiger partial charge on any atom is 0.251 e. The molecular weight excluding hydrogens is 368 g/mol. The van der Waals surface area contributed by atoms with E-state index in [9.17, 15) is 4.79 Å². The molecule has 3 aromatic heterocycles. The summed E-state index contributed by atoms with van der Waals surface area (Å²) in [5, 5.41) is 16.2. The predicted molar refractivity (Wildman–Crippen MR) is 111 cm³/mol. The van der Waals surface area contributed by atoms with E-state index < -0.39 is 0 Å². The van der Waals surface area contributed by atoms with Crippen LogP contribution in [0.25, 0.3) is 17.2 Å². The lowest BCUT2D eigenvalue weighted by Crippen LogP contribution is -2.44. The lowest BCUT2D eigenvalue weighted by molar-refractivity contribution is 0.0949. The zero-order valence-electron chi connectivity index (χ0n) is 17.0. The molecule has 1 fully saturated rings. The van der Waals surface area contributed by atoms with Crippen LogP contribution in [0.3, 0.4) is 0 Å². The van der Waals surface area contributed by atoms with Gasteiger partial charge in [0, 0.05) is 44.5 Å². The number of carbonyl (C=O) groups is 1. The fourth-order valence-corrected chi connectivity index (χ4v) is 3.24. The highest BCUT2D eigenvalue weighted by molar-refractivity contribution is 5.94. The van der Waals surface area contributed by atoms with Crippen molar-refractivity contribution in [3.63, 3.8) is 0 Å². The van der Waals surface area contributed by atoms with Gasteiger partial charge in [0.25, 0.3) is 5.91 Å². The van der Waals surface area contributed by atoms with E-state index in [1.165, 1.54) is 0 Å². The van der Waals surface area contributed by atoms with Gasteiger partial charge in [0.05, 0.1) is 0 Å². The molecule has 152 valence electrons. The molecule has 1 aliphatic heterocycles. The fourth-order valence-electron chi connectivity index (χ4n) is 3.24. The van der Waals surface area contributed by atoms with Crippen molar-refractivity contribution in [1.29, 1.82) is 0 Å². The van der Waals surface area contributed by atoms with E-state index in [1.54, 1.807) is 22.8 Å². The molecule has 29 heavy (non-hydrogen) atoms. The van der Waals surface area contributed by atoms with Crippen LogP contribution in [0.1, 0.15) is 24.2 Å². The smallest absolute Gasteiger partial charge is 0.251 e. The first-order chi connectivity index (χ1) is 14.0. The van der Waals surface area contributed by atoms with E-state index in [2.05, 4.69) is 51.2 Å². The summed E-state index contributed by atoms with van der Waals surface area (Å²) in [5.74, 6) is 1.67. The van der Waals surface area contributed by atoms with Crippen LogP contribution in [-0.2, 0) is 0 Å². The van der Waals surface area contributed by atoms with Crippen molar-refractivity contribution in [2.45, 2.75) is 13.8 Å². The van der Waals surface area contributed by atoms with Gasteiger partial charge in [0.15, 0.2) is 5.65 Å². The zero-order chi connectivity index (χ0) is 20.4. The number of carbonyl (C=O) groups excluding carboxylic acids is 1. The van der Waals surface area contributed by atoms with Gasteiger partial charge in [-0.3, -0.25) is 9.78 Å². The van der Waals surface area contributed by atoms with Crippen molar-refractivity contribution < 1.29 is 4.79 Å². The van der Waals surface area contributed by atoms with Crippen molar-refractivity contribution >= 4 is 17.4 Å². The summed E-state index contributed by atoms with van der Waals surface area (Å²) >= 11 is 0. The lowest BCUT2D eigenvalue weighted by Gasteiger charge is -2.33. The second-order valence-electron chi connectivity index (χ2n) is 7.81. The summed E-state index contributed by atoms with van der Waals surface area (Å²) in [6, 6.07) is 7.32. The molecule has 0 aromatic carbocycles. The van der Waals surface area contributed by atoms with Crippen molar-refractivity contribution in [3.8, 4) is 11.5 Å². The van der Waals surface area contributed by atoms with Gasteiger partial charge in [0.1, 0.15) is 11.5 Å². The first-order valence-electron chi connectivity index (χ1n) is 9.92. The van der Waals surface area contributed by atoms with Crippen LogP contribution < -0.4 is 10.2 Å². The van der Waals surface area contributed by atoms with E-state index in [1.807, 2.05) is 12.1 Å². The Balaban J connectivity index is 1.63. The van der Waals surface area contributed by atoms with Crippen LogP contribution >= 0.6 is 0 Å². The quantitative estimate of drug-likeness (QED) is 0.698. The van der Waals surface area contributed by atoms with Crippen molar-refractivity contribution in [2.24, 2.45) is 5.92 Å². The molecule has 4 heterocycles. The summed E-state index contributed by atoms with van der Waals surface area (Å²) in [6.07, 6.45) is 1.62. The van der Waals surface area contributed by atoms with E-state index in [4.69, 9.17) is 5.10 Å². The van der Waals surface area contributed by atoms with Gasteiger partial charge in [-0.15, -0.1) is 15.3 Å². The molecule has 1 saturated heterocycles. The molecule has 1 aliphatic rings. The Labute approximate surface area is 169 Å². The van der Waals surface area contributed by atoms with Crippen LogP contribution in [0.2, 0.25) is 0 Å². The monoisotopic (exact) mass is 394 g/mol. The molecular formula is C20H26N8O. The van der Waals surface area contributed by atoms with Crippen molar-refractivity contribution in [2.75, 3.05) is 44.7 Å². The van der Waals surface area contributed by atoms with Gasteiger partial charge in [-0.05, 0) is 37.2 Å². The summed E-state index contributed by atoms with van der Waals surface area (Å²) in [7, 11) is 2.13. The highest BCUT2D eigenvalue weighted by Gasteiger charge is 2.18. The maximum absolute atomic E-state index is 12.4. The number of piperazine rings is 1. The van der Waals surface area contributed by atoms with Gasteiger partial charge in [-0.25, -0.2) is 0 Å². The van der Waals surface area contributed by atoms with Gasteiger partial charge in [0.2, 0.25) is 5.82 Å². The van der Waals surface area contributed by atoms with Crippen molar-refractivity contribution in [1.82, 2.24) is 35.0 Å². The summed E-state index contributed by atoms with van der Waals surface area (Å²) in [5.41, 5.74) is 1.76. The summed E-state index contributed by atoms with van der Waals surface area (Å²) in [6.45, 7) is 8.61. The van der Waals surface area contributed by atoms with Crippen LogP contribution in [-0.4, -0.2) is 75.4 Å². The number of anilines is 1. The molecule has 0 atom stereocenters. The highest BCUT2D eigenvalue weighted by Crippen LogP contribution is 2.19. The van der Waals surface area contributed by atoms with Crippen LogP contribution in [0, 0.1) is 5.92 Å². The third-order valence-corrected chi connectivity index (χ3v) is 5.00. The first-order valence-corrected chi connectivity index (χ1v) is 9.92. The van der Waals surface area contributed by atoms with Gasteiger partial charge < -0.3 is 15.1 Å². The number of nitrogens with zero attached hydrogens (tertiary/aromatic N) is 7. The summed E-state index contributed by atoms with van der Waals surface area (Å²) in [4.78, 5) is 21.4. The molecule has 4 rings (SSSR count). The second kappa shape index (κ2) is 8.12. The van der Waals surface area contributed by atoms with E-state index in [0.29, 0.717) is 35.2 Å².